The maximum Gasteiger partial charge on any atom is 0.244 e. The molecule has 4 N–H and O–H groups in total. The van der Waals surface area contributed by atoms with Crippen LogP contribution in [0.3, 0.4) is 0 Å². The molecular formula is C15H15BrN2O3. The highest BCUT2D eigenvalue weighted by molar-refractivity contribution is 9.10. The molecule has 21 heavy (non-hydrogen) atoms. The van der Waals surface area contributed by atoms with Gasteiger partial charge in [0.2, 0.25) is 5.91 Å². The average molecular weight is 351 g/mol. The molecule has 0 aliphatic carbocycles. The number of methoxy groups -OCH3 is 1. The number of hydrogen-bond acceptors (Lipinski definition) is 4. The number of benzene rings is 2. The molecule has 1 atom stereocenters. The summed E-state index contributed by atoms with van der Waals surface area (Å²) in [6.45, 7) is 0. The number of nitrogens with two attached hydrogens (primary N) is 1. The fourth-order valence-electron chi connectivity index (χ4n) is 1.91. The van der Waals surface area contributed by atoms with Crippen molar-refractivity contribution in [1.82, 2.24) is 0 Å². The van der Waals surface area contributed by atoms with Gasteiger partial charge in [-0.2, -0.15) is 0 Å². The maximum atomic E-state index is 11.7. The Morgan fingerprint density at radius 2 is 1.95 bits per heavy atom. The fourth-order valence-corrected chi connectivity index (χ4v) is 2.17. The summed E-state index contributed by atoms with van der Waals surface area (Å²) in [5.41, 5.74) is 6.83. The van der Waals surface area contributed by atoms with Crippen LogP contribution in [0, 0.1) is 0 Å². The third-order valence-corrected chi connectivity index (χ3v) is 3.51. The Morgan fingerprint density at radius 3 is 2.52 bits per heavy atom. The van der Waals surface area contributed by atoms with Crippen molar-refractivity contribution < 1.29 is 14.6 Å². The van der Waals surface area contributed by atoms with Gasteiger partial charge in [0, 0.05) is 10.2 Å². The fraction of sp³-hybridized carbons (Fsp3) is 0.133. The van der Waals surface area contributed by atoms with E-state index >= 15 is 0 Å². The van der Waals surface area contributed by atoms with Crippen LogP contribution in [0.15, 0.2) is 46.9 Å². The lowest BCUT2D eigenvalue weighted by Crippen LogP contribution is -2.27. The van der Waals surface area contributed by atoms with Gasteiger partial charge in [-0.25, -0.2) is 0 Å². The molecule has 0 aromatic heterocycles. The summed E-state index contributed by atoms with van der Waals surface area (Å²) in [6.07, 6.45) is 0. The second-order valence-corrected chi connectivity index (χ2v) is 5.33. The summed E-state index contributed by atoms with van der Waals surface area (Å²) in [6, 6.07) is 11.3. The summed E-state index contributed by atoms with van der Waals surface area (Å²) >= 11 is 3.35. The normalized spacial score (nSPS) is 11.7. The number of carbonyl (C=O) groups excluding carboxylic acids is 1. The van der Waals surface area contributed by atoms with Crippen LogP contribution in [0.1, 0.15) is 11.6 Å². The average Bonchev–Trinajstić information content (AvgIpc) is 2.47. The number of phenols is 1. The zero-order valence-corrected chi connectivity index (χ0v) is 12.9. The molecule has 5 nitrogen and oxygen atoms in total. The van der Waals surface area contributed by atoms with Crippen LogP contribution < -0.4 is 15.8 Å². The highest BCUT2D eigenvalue weighted by atomic mass is 79.9. The van der Waals surface area contributed by atoms with Crippen LogP contribution in [0.25, 0.3) is 0 Å². The lowest BCUT2D eigenvalue weighted by atomic mass is 10.1. The Hall–Kier alpha value is -2.21. The first kappa shape index (κ1) is 15.2. The molecule has 2 aromatic rings. The number of phenolic OH excluding ortho intramolecular Hbond substituents is 1. The van der Waals surface area contributed by atoms with Crippen molar-refractivity contribution in [3.63, 3.8) is 0 Å². The Kier molecular flexibility index (Phi) is 4.70. The molecule has 6 heteroatoms. The molecule has 2 aromatic carbocycles. The molecule has 0 radical (unpaired) electrons. The number of nitrogens with one attached hydrogen (secondary N) is 1. The smallest absolute Gasteiger partial charge is 0.244 e. The van der Waals surface area contributed by atoms with E-state index in [-0.39, 0.29) is 11.5 Å². The lowest BCUT2D eigenvalue weighted by molar-refractivity contribution is -0.118. The van der Waals surface area contributed by atoms with Crippen molar-refractivity contribution in [3.05, 3.63) is 52.5 Å². The molecule has 0 fully saturated rings. The molecular weight excluding hydrogens is 336 g/mol. The molecule has 0 bridgehead atoms. The van der Waals surface area contributed by atoms with E-state index in [0.29, 0.717) is 5.56 Å². The minimum absolute atomic E-state index is 0.00751. The summed E-state index contributed by atoms with van der Waals surface area (Å²) in [4.78, 5) is 11.7. The van der Waals surface area contributed by atoms with Crippen LogP contribution in [0.2, 0.25) is 0 Å². The molecule has 0 aliphatic heterocycles. The van der Waals surface area contributed by atoms with Gasteiger partial charge in [-0.3, -0.25) is 4.79 Å². The van der Waals surface area contributed by atoms with Gasteiger partial charge in [0.15, 0.2) is 11.5 Å². The largest absolute Gasteiger partial charge is 0.504 e. The molecule has 1 unspecified atom stereocenters. The van der Waals surface area contributed by atoms with E-state index in [9.17, 15) is 9.90 Å². The maximum absolute atomic E-state index is 11.7. The number of carbonyl (C=O) groups is 1. The minimum Gasteiger partial charge on any atom is -0.504 e. The van der Waals surface area contributed by atoms with E-state index in [0.717, 1.165) is 10.2 Å². The van der Waals surface area contributed by atoms with Gasteiger partial charge in [-0.05, 0) is 42.0 Å². The number of ether oxygens (including phenoxy) is 1. The van der Waals surface area contributed by atoms with Crippen molar-refractivity contribution in [1.29, 1.82) is 0 Å². The van der Waals surface area contributed by atoms with Crippen LogP contribution >= 0.6 is 15.9 Å². The standard InChI is InChI=1S/C15H15BrN2O3/c1-21-13-8-9(2-7-12(13)19)14(15(17)20)18-11-5-3-10(16)4-6-11/h2-8,14,18-19H,1H3,(H2,17,20). The highest BCUT2D eigenvalue weighted by Crippen LogP contribution is 2.30. The molecule has 2 rings (SSSR count). The van der Waals surface area contributed by atoms with Crippen LogP contribution in [-0.2, 0) is 4.79 Å². The first-order valence-corrected chi connectivity index (χ1v) is 6.99. The van der Waals surface area contributed by atoms with Gasteiger partial charge in [-0.1, -0.05) is 22.0 Å². The first-order valence-electron chi connectivity index (χ1n) is 6.19. The molecule has 1 amide bonds. The highest BCUT2D eigenvalue weighted by Gasteiger charge is 2.19. The summed E-state index contributed by atoms with van der Waals surface area (Å²) < 4.78 is 5.99. The first-order chi connectivity index (χ1) is 10.0. The van der Waals surface area contributed by atoms with Gasteiger partial charge in [-0.15, -0.1) is 0 Å². The second kappa shape index (κ2) is 6.49. The predicted molar refractivity (Wildman–Crippen MR) is 84.4 cm³/mol. The van der Waals surface area contributed by atoms with E-state index in [1.165, 1.54) is 13.2 Å². The zero-order valence-electron chi connectivity index (χ0n) is 11.3. The van der Waals surface area contributed by atoms with E-state index in [2.05, 4.69) is 21.2 Å². The topological polar surface area (TPSA) is 84.6 Å². The van der Waals surface area contributed by atoms with Gasteiger partial charge >= 0.3 is 0 Å². The van der Waals surface area contributed by atoms with Crippen molar-refractivity contribution >= 4 is 27.5 Å². The number of rotatable bonds is 5. The lowest BCUT2D eigenvalue weighted by Gasteiger charge is -2.18. The number of aromatic hydroxyl groups is 1. The van der Waals surface area contributed by atoms with Crippen molar-refractivity contribution in [2.24, 2.45) is 5.73 Å². The Morgan fingerprint density at radius 1 is 1.29 bits per heavy atom. The summed E-state index contributed by atoms with van der Waals surface area (Å²) in [7, 11) is 1.44. The van der Waals surface area contributed by atoms with E-state index in [4.69, 9.17) is 10.5 Å². The van der Waals surface area contributed by atoms with Gasteiger partial charge < -0.3 is 20.9 Å². The number of amides is 1. The third-order valence-electron chi connectivity index (χ3n) is 2.98. The van der Waals surface area contributed by atoms with Crippen molar-refractivity contribution in [2.45, 2.75) is 6.04 Å². The monoisotopic (exact) mass is 350 g/mol. The quantitative estimate of drug-likeness (QED) is 0.773. The van der Waals surface area contributed by atoms with Crippen LogP contribution in [-0.4, -0.2) is 18.1 Å². The third kappa shape index (κ3) is 3.66. The Bertz CT molecular complexity index is 644. The Labute approximate surface area is 130 Å². The van der Waals surface area contributed by atoms with Gasteiger partial charge in [0.25, 0.3) is 0 Å². The molecule has 0 saturated carbocycles. The van der Waals surface area contributed by atoms with E-state index in [1.807, 2.05) is 24.3 Å². The molecule has 110 valence electrons. The molecule has 0 saturated heterocycles. The van der Waals surface area contributed by atoms with Crippen molar-refractivity contribution in [2.75, 3.05) is 12.4 Å². The summed E-state index contributed by atoms with van der Waals surface area (Å²) in [5, 5.41) is 12.7. The van der Waals surface area contributed by atoms with E-state index in [1.54, 1.807) is 12.1 Å². The number of primary amides is 1. The van der Waals surface area contributed by atoms with Crippen LogP contribution in [0.4, 0.5) is 5.69 Å². The zero-order chi connectivity index (χ0) is 15.4. The number of halogens is 1. The number of hydrogen-bond donors (Lipinski definition) is 3. The van der Waals surface area contributed by atoms with Crippen molar-refractivity contribution in [3.8, 4) is 11.5 Å². The molecule has 0 heterocycles. The number of anilines is 1. The SMILES string of the molecule is COc1cc(C(Nc2ccc(Br)cc2)C(N)=O)ccc1O. The second-order valence-electron chi connectivity index (χ2n) is 4.42. The predicted octanol–water partition coefficient (Wildman–Crippen LogP) is 2.80. The van der Waals surface area contributed by atoms with Gasteiger partial charge in [0.05, 0.1) is 7.11 Å². The van der Waals surface area contributed by atoms with E-state index < -0.39 is 11.9 Å². The van der Waals surface area contributed by atoms with Crippen LogP contribution in [0.5, 0.6) is 11.5 Å². The Balaban J connectivity index is 2.30. The molecule has 0 aliphatic rings. The molecule has 0 spiro atoms. The minimum atomic E-state index is -0.722. The van der Waals surface area contributed by atoms with Gasteiger partial charge in [0.1, 0.15) is 6.04 Å². The summed E-state index contributed by atoms with van der Waals surface area (Å²) in [5.74, 6) is -0.227.